The van der Waals surface area contributed by atoms with Gasteiger partial charge in [0.15, 0.2) is 0 Å². The topological polar surface area (TPSA) is 55.4 Å². The van der Waals surface area contributed by atoms with Crippen LogP contribution in [0.15, 0.2) is 35.5 Å². The summed E-state index contributed by atoms with van der Waals surface area (Å²) >= 11 is 0. The molecule has 0 fully saturated rings. The molecule has 1 aliphatic heterocycles. The van der Waals surface area contributed by atoms with Crippen molar-refractivity contribution in [2.45, 2.75) is 25.4 Å². The fourth-order valence-corrected chi connectivity index (χ4v) is 2.42. The predicted octanol–water partition coefficient (Wildman–Crippen LogP) is 2.81. The van der Waals surface area contributed by atoms with E-state index in [4.69, 9.17) is 0 Å². The molecule has 0 spiro atoms. The van der Waals surface area contributed by atoms with E-state index in [2.05, 4.69) is 4.74 Å². The van der Waals surface area contributed by atoms with E-state index in [-0.39, 0.29) is 12.2 Å². The van der Waals surface area contributed by atoms with Crippen molar-refractivity contribution in [1.29, 1.82) is 0 Å². The second kappa shape index (κ2) is 6.39. The van der Waals surface area contributed by atoms with E-state index >= 15 is 0 Å². The summed E-state index contributed by atoms with van der Waals surface area (Å²) in [6.07, 6.45) is -5.45. The molecule has 1 amide bonds. The summed E-state index contributed by atoms with van der Waals surface area (Å²) in [6, 6.07) is 5.07. The normalized spacial score (nSPS) is 18.7. The smallest absolute Gasteiger partial charge is 0.431 e. The maximum Gasteiger partial charge on any atom is 0.431 e. The fraction of sp³-hybridized carbons (Fsp3) is 0.333. The minimum atomic E-state index is -4.97. The highest BCUT2D eigenvalue weighted by atomic mass is 19.4. The molecule has 4 nitrogen and oxygen atoms in total. The molecule has 124 valence electrons. The van der Waals surface area contributed by atoms with Gasteiger partial charge in [0.2, 0.25) is 5.91 Å². The van der Waals surface area contributed by atoms with Crippen molar-refractivity contribution in [2.24, 2.45) is 0 Å². The Kier molecular flexibility index (Phi) is 4.72. The first-order valence-corrected chi connectivity index (χ1v) is 6.78. The highest BCUT2D eigenvalue weighted by molar-refractivity contribution is 5.96. The molecule has 1 heterocycles. The molecular weight excluding hydrogens is 318 g/mol. The number of ether oxygens (including phenoxy) is 1. The molecular formula is C15H13F4NO3. The van der Waals surface area contributed by atoms with Crippen molar-refractivity contribution in [3.8, 4) is 0 Å². The molecule has 8 heteroatoms. The molecule has 2 rings (SSSR count). The van der Waals surface area contributed by atoms with Crippen molar-refractivity contribution >= 4 is 11.9 Å². The third-order valence-corrected chi connectivity index (χ3v) is 3.33. The van der Waals surface area contributed by atoms with Crippen LogP contribution in [0.4, 0.5) is 17.6 Å². The number of amides is 1. The van der Waals surface area contributed by atoms with E-state index in [1.807, 2.05) is 0 Å². The number of nitrogens with one attached hydrogen (secondary N) is 1. The number of benzene rings is 1. The van der Waals surface area contributed by atoms with Crippen LogP contribution in [0.5, 0.6) is 0 Å². The maximum absolute atomic E-state index is 14.0. The molecule has 0 bridgehead atoms. The Bertz CT molecular complexity index is 667. The molecule has 1 atom stereocenters. The van der Waals surface area contributed by atoms with Crippen molar-refractivity contribution in [1.82, 2.24) is 5.32 Å². The van der Waals surface area contributed by atoms with Crippen molar-refractivity contribution < 1.29 is 31.9 Å². The fourth-order valence-electron chi connectivity index (χ4n) is 2.42. The Morgan fingerprint density at radius 2 is 2.00 bits per heavy atom. The van der Waals surface area contributed by atoms with E-state index < -0.39 is 47.5 Å². The largest absolute Gasteiger partial charge is 0.463 e. The lowest BCUT2D eigenvalue weighted by Gasteiger charge is -2.28. The molecule has 23 heavy (non-hydrogen) atoms. The minimum absolute atomic E-state index is 0.147. The summed E-state index contributed by atoms with van der Waals surface area (Å²) < 4.78 is 58.2. The number of hydrogen-bond donors (Lipinski definition) is 1. The number of allylic oxidation sites excluding steroid dienone is 1. The van der Waals surface area contributed by atoms with E-state index in [0.29, 0.717) is 0 Å². The van der Waals surface area contributed by atoms with Crippen LogP contribution in [0.3, 0.4) is 0 Å². The van der Waals surface area contributed by atoms with Gasteiger partial charge < -0.3 is 10.1 Å². The lowest BCUT2D eigenvalue weighted by molar-refractivity contribution is -0.142. The number of rotatable bonds is 3. The zero-order chi connectivity index (χ0) is 17.2. The van der Waals surface area contributed by atoms with Crippen LogP contribution in [0.2, 0.25) is 0 Å². The van der Waals surface area contributed by atoms with Gasteiger partial charge in [0.05, 0.1) is 12.2 Å². The van der Waals surface area contributed by atoms with Crippen LogP contribution in [0, 0.1) is 5.82 Å². The summed E-state index contributed by atoms with van der Waals surface area (Å²) in [7, 11) is 0. The number of hydrogen-bond acceptors (Lipinski definition) is 3. The van der Waals surface area contributed by atoms with Crippen LogP contribution in [0.1, 0.15) is 24.8 Å². The van der Waals surface area contributed by atoms with Crippen LogP contribution in [0.25, 0.3) is 0 Å². The van der Waals surface area contributed by atoms with Gasteiger partial charge in [-0.2, -0.15) is 13.2 Å². The van der Waals surface area contributed by atoms with Gasteiger partial charge in [0.1, 0.15) is 11.5 Å². The van der Waals surface area contributed by atoms with Crippen LogP contribution in [-0.2, 0) is 14.3 Å². The quantitative estimate of drug-likeness (QED) is 0.684. The molecule has 1 aromatic rings. The van der Waals surface area contributed by atoms with Gasteiger partial charge >= 0.3 is 12.1 Å². The van der Waals surface area contributed by atoms with Crippen LogP contribution < -0.4 is 5.32 Å². The lowest BCUT2D eigenvalue weighted by atomic mass is 9.84. The molecule has 0 radical (unpaired) electrons. The second-order valence-corrected chi connectivity index (χ2v) is 4.83. The summed E-state index contributed by atoms with van der Waals surface area (Å²) in [5, 5.41) is 1.66. The third-order valence-electron chi connectivity index (χ3n) is 3.33. The second-order valence-electron chi connectivity index (χ2n) is 4.83. The monoisotopic (exact) mass is 331 g/mol. The van der Waals surface area contributed by atoms with Crippen LogP contribution in [-0.4, -0.2) is 24.7 Å². The highest BCUT2D eigenvalue weighted by Gasteiger charge is 2.46. The first kappa shape index (κ1) is 17.0. The first-order chi connectivity index (χ1) is 10.8. The molecule has 0 aromatic heterocycles. The lowest BCUT2D eigenvalue weighted by Crippen LogP contribution is -2.41. The Labute approximate surface area is 129 Å². The highest BCUT2D eigenvalue weighted by Crippen LogP contribution is 2.39. The number of esters is 1. The molecule has 1 N–H and O–H groups in total. The Hall–Kier alpha value is -2.38. The van der Waals surface area contributed by atoms with Gasteiger partial charge in [-0.1, -0.05) is 18.2 Å². The minimum Gasteiger partial charge on any atom is -0.463 e. The maximum atomic E-state index is 14.0. The van der Waals surface area contributed by atoms with Crippen molar-refractivity contribution in [3.05, 3.63) is 46.9 Å². The third kappa shape index (κ3) is 3.52. The summed E-state index contributed by atoms with van der Waals surface area (Å²) in [6.45, 7) is 1.29. The molecule has 0 aliphatic carbocycles. The molecule has 1 aromatic carbocycles. The predicted molar refractivity (Wildman–Crippen MR) is 71.6 cm³/mol. The Morgan fingerprint density at radius 3 is 2.57 bits per heavy atom. The van der Waals surface area contributed by atoms with Crippen molar-refractivity contribution in [3.63, 3.8) is 0 Å². The average Bonchev–Trinajstić information content (AvgIpc) is 2.46. The number of halogens is 4. The van der Waals surface area contributed by atoms with E-state index in [1.54, 1.807) is 5.32 Å². The Morgan fingerprint density at radius 1 is 1.35 bits per heavy atom. The number of carbonyl (C=O) groups excluding carboxylic acids is 2. The van der Waals surface area contributed by atoms with Gasteiger partial charge in [0.25, 0.3) is 0 Å². The van der Waals surface area contributed by atoms with E-state index in [9.17, 15) is 27.2 Å². The average molecular weight is 331 g/mol. The van der Waals surface area contributed by atoms with Gasteiger partial charge in [-0.15, -0.1) is 0 Å². The Balaban J connectivity index is 2.65. The molecule has 0 saturated carbocycles. The molecule has 1 unspecified atom stereocenters. The van der Waals surface area contributed by atoms with Gasteiger partial charge in [-0.05, 0) is 18.6 Å². The summed E-state index contributed by atoms with van der Waals surface area (Å²) in [5.41, 5.74) is -2.45. The molecule has 1 aliphatic rings. The van der Waals surface area contributed by atoms with Gasteiger partial charge in [-0.25, -0.2) is 9.18 Å². The summed E-state index contributed by atoms with van der Waals surface area (Å²) in [4.78, 5) is 23.6. The number of carbonyl (C=O) groups is 2. The zero-order valence-corrected chi connectivity index (χ0v) is 12.0. The SMILES string of the molecule is CCOC(=O)C1=C(C(F)(F)F)NC(=O)CC1c1ccccc1F. The van der Waals surface area contributed by atoms with E-state index in [1.165, 1.54) is 25.1 Å². The molecule has 0 saturated heterocycles. The van der Waals surface area contributed by atoms with Gasteiger partial charge in [0, 0.05) is 12.3 Å². The van der Waals surface area contributed by atoms with Crippen molar-refractivity contribution in [2.75, 3.05) is 6.61 Å². The van der Waals surface area contributed by atoms with E-state index in [0.717, 1.165) is 6.07 Å². The standard InChI is InChI=1S/C15H13F4NO3/c1-2-23-14(22)12-9(8-5-3-4-6-10(8)16)7-11(21)20-13(12)15(17,18)19/h3-6,9H,2,7H2,1H3,(H,20,21). The van der Waals surface area contributed by atoms with Gasteiger partial charge in [-0.3, -0.25) is 4.79 Å². The zero-order valence-electron chi connectivity index (χ0n) is 12.0. The summed E-state index contributed by atoms with van der Waals surface area (Å²) in [5.74, 6) is -4.33. The van der Waals surface area contributed by atoms with Crippen LogP contribution >= 0.6 is 0 Å². The first-order valence-electron chi connectivity index (χ1n) is 6.78. The number of alkyl halides is 3.